The molecule has 4 aliphatic carbocycles. The van der Waals surface area contributed by atoms with E-state index in [1.165, 1.54) is 42.8 Å². The molecule has 0 bridgehead atoms. The average Bonchev–Trinajstić information content (AvgIpc) is 3.12. The number of rotatable bonds is 0. The van der Waals surface area contributed by atoms with Crippen molar-refractivity contribution in [3.63, 3.8) is 0 Å². The van der Waals surface area contributed by atoms with E-state index in [2.05, 4.69) is 49.2 Å². The van der Waals surface area contributed by atoms with Gasteiger partial charge < -0.3 is 0 Å². The molecule has 1 heterocycles. The Balaban J connectivity index is 1.49. The summed E-state index contributed by atoms with van der Waals surface area (Å²) in [4.78, 5) is 12.5. The summed E-state index contributed by atoms with van der Waals surface area (Å²) < 4.78 is 0.395. The zero-order valence-electron chi connectivity index (χ0n) is 14.4. The molecule has 1 nitrogen and oxygen atoms in total. The molecule has 1 saturated heterocycles. The van der Waals surface area contributed by atoms with Gasteiger partial charge in [-0.05, 0) is 61.9 Å². The maximum Gasteiger partial charge on any atom is 0.162 e. The minimum atomic E-state index is -0.188. The first kappa shape index (κ1) is 15.8. The Kier molecular flexibility index (Phi) is 3.49. The smallest absolute Gasteiger partial charge is 0.162 e. The van der Waals surface area contributed by atoms with Gasteiger partial charge in [-0.1, -0.05) is 36.8 Å². The molecule has 24 heavy (non-hydrogen) atoms. The number of fused-ring (bicyclic) bond motifs is 5. The van der Waals surface area contributed by atoms with Gasteiger partial charge in [-0.25, -0.2) is 0 Å². The van der Waals surface area contributed by atoms with Crippen LogP contribution in [0.5, 0.6) is 0 Å². The molecule has 3 fully saturated rings. The second-order valence-corrected chi connectivity index (χ2v) is 11.7. The number of hydrogen-bond donors (Lipinski definition) is 0. The van der Waals surface area contributed by atoms with Crippen molar-refractivity contribution in [2.45, 2.75) is 43.1 Å². The van der Waals surface area contributed by atoms with Gasteiger partial charge in [0, 0.05) is 16.9 Å². The van der Waals surface area contributed by atoms with Crippen LogP contribution in [0.4, 0.5) is 0 Å². The SMILES string of the molecule is C=C1C[C@]2(C)C(=O)C=C[C@H]2[C@@H]2CCC3=CC4(CC[C@@H]3[C@@H]12)SCCS4. The minimum Gasteiger partial charge on any atom is -0.294 e. The van der Waals surface area contributed by atoms with Gasteiger partial charge in [0.15, 0.2) is 5.78 Å². The maximum absolute atomic E-state index is 12.5. The van der Waals surface area contributed by atoms with Gasteiger partial charge in [0.25, 0.3) is 0 Å². The van der Waals surface area contributed by atoms with E-state index in [0.29, 0.717) is 33.5 Å². The molecule has 0 N–H and O–H groups in total. The summed E-state index contributed by atoms with van der Waals surface area (Å²) in [5, 5.41) is 0. The molecule has 2 saturated carbocycles. The van der Waals surface area contributed by atoms with Crippen LogP contribution in [0.15, 0.2) is 36.0 Å². The number of allylic oxidation sites excluding steroid dienone is 4. The predicted octanol–water partition coefficient (Wildman–Crippen LogP) is 5.25. The lowest BCUT2D eigenvalue weighted by molar-refractivity contribution is -0.126. The van der Waals surface area contributed by atoms with Crippen LogP contribution in [-0.2, 0) is 4.79 Å². The molecule has 0 aromatic rings. The monoisotopic (exact) mass is 358 g/mol. The fraction of sp³-hybridized carbons (Fsp3) is 0.667. The molecule has 1 spiro atoms. The van der Waals surface area contributed by atoms with Crippen molar-refractivity contribution in [1.29, 1.82) is 0 Å². The first-order chi connectivity index (χ1) is 11.5. The summed E-state index contributed by atoms with van der Waals surface area (Å²) in [5.74, 6) is 5.38. The molecule has 1 aliphatic heterocycles. The quantitative estimate of drug-likeness (QED) is 0.551. The molecule has 128 valence electrons. The maximum atomic E-state index is 12.5. The van der Waals surface area contributed by atoms with Gasteiger partial charge >= 0.3 is 0 Å². The van der Waals surface area contributed by atoms with Crippen LogP contribution in [0.2, 0.25) is 0 Å². The van der Waals surface area contributed by atoms with Crippen LogP contribution in [0.25, 0.3) is 0 Å². The molecule has 0 unspecified atom stereocenters. The van der Waals surface area contributed by atoms with Gasteiger partial charge in [0.1, 0.15) is 0 Å². The van der Waals surface area contributed by atoms with Crippen LogP contribution < -0.4 is 0 Å². The normalized spacial score (nSPS) is 45.8. The van der Waals surface area contributed by atoms with Crippen LogP contribution in [0.1, 0.15) is 39.0 Å². The highest BCUT2D eigenvalue weighted by atomic mass is 32.2. The molecule has 0 aromatic carbocycles. The van der Waals surface area contributed by atoms with Gasteiger partial charge in [0.2, 0.25) is 0 Å². The number of carbonyl (C=O) groups is 1. The highest BCUT2D eigenvalue weighted by Gasteiger charge is 2.56. The van der Waals surface area contributed by atoms with E-state index in [-0.39, 0.29) is 5.41 Å². The number of thioether (sulfide) groups is 2. The Hall–Kier alpha value is -0.410. The zero-order valence-corrected chi connectivity index (χ0v) is 16.1. The third kappa shape index (κ3) is 2.06. The van der Waals surface area contributed by atoms with Crippen molar-refractivity contribution in [3.05, 3.63) is 36.0 Å². The van der Waals surface area contributed by atoms with E-state index in [1.807, 2.05) is 6.08 Å². The largest absolute Gasteiger partial charge is 0.294 e. The standard InChI is InChI=1S/C21H26OS2/c1-13-11-20(2)17(5-6-18(20)22)16-4-3-14-12-21(23-9-10-24-21)8-7-15(14)19(13)16/h5-6,12,15-17,19H,1,3-4,7-11H2,2H3/t15-,16-,17-,19+,20-/m0/s1. The van der Waals surface area contributed by atoms with Gasteiger partial charge in [0.05, 0.1) is 4.08 Å². The molecule has 5 aliphatic rings. The Morgan fingerprint density at radius 3 is 2.83 bits per heavy atom. The topological polar surface area (TPSA) is 17.1 Å². The molecule has 0 amide bonds. The van der Waals surface area contributed by atoms with Crippen LogP contribution in [0, 0.1) is 29.1 Å². The Morgan fingerprint density at radius 1 is 1.25 bits per heavy atom. The third-order valence-electron chi connectivity index (χ3n) is 7.40. The summed E-state index contributed by atoms with van der Waals surface area (Å²) in [6, 6.07) is 0. The summed E-state index contributed by atoms with van der Waals surface area (Å²) >= 11 is 4.35. The molecule has 5 rings (SSSR count). The van der Waals surface area contributed by atoms with Crippen molar-refractivity contribution in [2.75, 3.05) is 11.5 Å². The predicted molar refractivity (Wildman–Crippen MR) is 104 cm³/mol. The molecule has 0 radical (unpaired) electrons. The van der Waals surface area contributed by atoms with Crippen molar-refractivity contribution < 1.29 is 4.79 Å². The average molecular weight is 359 g/mol. The van der Waals surface area contributed by atoms with Crippen LogP contribution in [-0.4, -0.2) is 21.4 Å². The summed E-state index contributed by atoms with van der Waals surface area (Å²) in [7, 11) is 0. The van der Waals surface area contributed by atoms with Crippen LogP contribution >= 0.6 is 23.5 Å². The second-order valence-electron chi connectivity index (χ2n) is 8.60. The van der Waals surface area contributed by atoms with Gasteiger partial charge in [-0.3, -0.25) is 4.79 Å². The zero-order chi connectivity index (χ0) is 16.5. The lowest BCUT2D eigenvalue weighted by atomic mass is 9.51. The third-order valence-corrected chi connectivity index (χ3v) is 10.8. The van der Waals surface area contributed by atoms with E-state index in [0.717, 1.165) is 6.42 Å². The fourth-order valence-electron chi connectivity index (χ4n) is 6.34. The highest BCUT2D eigenvalue weighted by Crippen LogP contribution is 2.63. The first-order valence-corrected chi connectivity index (χ1v) is 11.4. The summed E-state index contributed by atoms with van der Waals surface area (Å²) in [6.45, 7) is 6.69. The lowest BCUT2D eigenvalue weighted by Gasteiger charge is -2.53. The van der Waals surface area contributed by atoms with E-state index in [1.54, 1.807) is 5.57 Å². The summed E-state index contributed by atoms with van der Waals surface area (Å²) in [5.41, 5.74) is 2.91. The van der Waals surface area contributed by atoms with Gasteiger partial charge in [-0.2, -0.15) is 0 Å². The number of ketones is 1. The molecular formula is C21H26OS2. The van der Waals surface area contributed by atoms with Crippen molar-refractivity contribution in [2.24, 2.45) is 29.1 Å². The van der Waals surface area contributed by atoms with Crippen molar-refractivity contribution in [1.82, 2.24) is 0 Å². The number of carbonyl (C=O) groups excluding carboxylic acids is 1. The van der Waals surface area contributed by atoms with E-state index < -0.39 is 0 Å². The van der Waals surface area contributed by atoms with E-state index >= 15 is 0 Å². The molecule has 3 heteroatoms. The Labute approximate surface area is 153 Å². The van der Waals surface area contributed by atoms with E-state index in [9.17, 15) is 4.79 Å². The fourth-order valence-corrected chi connectivity index (χ4v) is 9.52. The molecule has 5 atom stereocenters. The van der Waals surface area contributed by atoms with E-state index in [4.69, 9.17) is 0 Å². The Morgan fingerprint density at radius 2 is 2.04 bits per heavy atom. The lowest BCUT2D eigenvalue weighted by Crippen LogP contribution is -2.48. The second kappa shape index (κ2) is 5.30. The van der Waals surface area contributed by atoms with Crippen molar-refractivity contribution in [3.8, 4) is 0 Å². The first-order valence-electron chi connectivity index (χ1n) is 9.42. The number of hydrogen-bond acceptors (Lipinski definition) is 3. The molecule has 0 aromatic heterocycles. The highest BCUT2D eigenvalue weighted by molar-refractivity contribution is 8.21. The summed E-state index contributed by atoms with van der Waals surface area (Å²) in [6.07, 6.45) is 12.8. The van der Waals surface area contributed by atoms with Crippen molar-refractivity contribution >= 4 is 29.3 Å². The van der Waals surface area contributed by atoms with Gasteiger partial charge in [-0.15, -0.1) is 23.5 Å². The molecular weight excluding hydrogens is 332 g/mol. The van der Waals surface area contributed by atoms with Crippen LogP contribution in [0.3, 0.4) is 0 Å². The minimum absolute atomic E-state index is 0.188. The Bertz CT molecular complexity index is 669.